The number of thiazole rings is 1. The van der Waals surface area contributed by atoms with Crippen molar-refractivity contribution in [1.82, 2.24) is 9.97 Å². The highest BCUT2D eigenvalue weighted by molar-refractivity contribution is 7.99. The third-order valence-corrected chi connectivity index (χ3v) is 6.66. The van der Waals surface area contributed by atoms with E-state index in [4.69, 9.17) is 4.74 Å². The Labute approximate surface area is 194 Å². The van der Waals surface area contributed by atoms with Crippen molar-refractivity contribution >= 4 is 44.4 Å². The van der Waals surface area contributed by atoms with E-state index in [2.05, 4.69) is 21.4 Å². The zero-order valence-corrected chi connectivity index (χ0v) is 19.2. The molecule has 0 aliphatic carbocycles. The Morgan fingerprint density at radius 3 is 2.72 bits per heavy atom. The molecule has 2 aromatic carbocycles. The number of anilines is 1. The second-order valence-electron chi connectivity index (χ2n) is 7.03. The first-order valence-corrected chi connectivity index (χ1v) is 11.7. The predicted octanol–water partition coefficient (Wildman–Crippen LogP) is 5.67. The molecule has 8 heteroatoms. The third kappa shape index (κ3) is 5.07. The topological polar surface area (TPSA) is 87.9 Å². The number of nitrogens with zero attached hydrogens (tertiary/aromatic N) is 3. The number of rotatable bonds is 7. The Kier molecular flexibility index (Phi) is 6.69. The molecule has 0 spiro atoms. The summed E-state index contributed by atoms with van der Waals surface area (Å²) in [5.41, 5.74) is 4.30. The number of hydrogen-bond acceptors (Lipinski definition) is 7. The Balaban J connectivity index is 1.39. The van der Waals surface area contributed by atoms with Crippen molar-refractivity contribution in [1.29, 1.82) is 5.26 Å². The minimum Gasteiger partial charge on any atom is -0.497 e. The Hall–Kier alpha value is -3.41. The molecule has 1 N–H and O–H groups in total. The molecule has 0 radical (unpaired) electrons. The zero-order chi connectivity index (χ0) is 22.5. The van der Waals surface area contributed by atoms with Crippen LogP contribution in [-0.4, -0.2) is 28.7 Å². The minimum atomic E-state index is -0.128. The number of aromatic nitrogens is 2. The second-order valence-corrected chi connectivity index (χ2v) is 9.14. The van der Waals surface area contributed by atoms with Crippen molar-refractivity contribution in [3.63, 3.8) is 0 Å². The number of fused-ring (bicyclic) bond motifs is 1. The molecule has 0 unspecified atom stereocenters. The molecule has 4 aromatic rings. The van der Waals surface area contributed by atoms with E-state index in [1.165, 1.54) is 28.7 Å². The van der Waals surface area contributed by atoms with Gasteiger partial charge in [0, 0.05) is 17.7 Å². The van der Waals surface area contributed by atoms with Gasteiger partial charge in [-0.15, -0.1) is 11.8 Å². The van der Waals surface area contributed by atoms with Crippen LogP contribution in [0.5, 0.6) is 5.75 Å². The first-order chi connectivity index (χ1) is 15.6. The molecule has 4 rings (SSSR count). The fraction of sp³-hybridized carbons (Fsp3) is 0.167. The summed E-state index contributed by atoms with van der Waals surface area (Å²) in [6, 6.07) is 19.5. The lowest BCUT2D eigenvalue weighted by atomic mass is 10.1. The number of aryl methyl sites for hydroxylation is 1. The molecule has 0 fully saturated rings. The monoisotopic (exact) mass is 460 g/mol. The van der Waals surface area contributed by atoms with E-state index < -0.39 is 0 Å². The summed E-state index contributed by atoms with van der Waals surface area (Å²) in [4.78, 5) is 21.5. The average molecular weight is 461 g/mol. The summed E-state index contributed by atoms with van der Waals surface area (Å²) < 4.78 is 6.18. The Bertz CT molecular complexity index is 1310. The summed E-state index contributed by atoms with van der Waals surface area (Å²) in [6.45, 7) is 2.04. The lowest BCUT2D eigenvalue weighted by Gasteiger charge is -2.07. The van der Waals surface area contributed by atoms with Gasteiger partial charge < -0.3 is 10.1 Å². The summed E-state index contributed by atoms with van der Waals surface area (Å²) in [5, 5.41) is 13.5. The maximum Gasteiger partial charge on any atom is 0.226 e. The number of hydrogen-bond donors (Lipinski definition) is 1. The van der Waals surface area contributed by atoms with Crippen LogP contribution in [0, 0.1) is 18.3 Å². The van der Waals surface area contributed by atoms with Crippen LogP contribution in [0.4, 0.5) is 5.13 Å². The molecule has 1 amide bonds. The maximum atomic E-state index is 12.4. The lowest BCUT2D eigenvalue weighted by molar-refractivity contribution is -0.115. The fourth-order valence-electron chi connectivity index (χ4n) is 3.03. The van der Waals surface area contributed by atoms with Crippen LogP contribution in [0.25, 0.3) is 21.5 Å². The van der Waals surface area contributed by atoms with Gasteiger partial charge in [-0.05, 0) is 37.3 Å². The maximum absolute atomic E-state index is 12.4. The largest absolute Gasteiger partial charge is 0.497 e. The van der Waals surface area contributed by atoms with Gasteiger partial charge >= 0.3 is 0 Å². The highest BCUT2D eigenvalue weighted by Gasteiger charge is 2.12. The zero-order valence-electron chi connectivity index (χ0n) is 17.6. The van der Waals surface area contributed by atoms with Crippen molar-refractivity contribution in [3.8, 4) is 23.1 Å². The number of pyridine rings is 1. The number of amides is 1. The van der Waals surface area contributed by atoms with Crippen LogP contribution in [0.1, 0.15) is 17.5 Å². The Morgan fingerprint density at radius 1 is 1.16 bits per heavy atom. The third-order valence-electron chi connectivity index (χ3n) is 4.74. The lowest BCUT2D eigenvalue weighted by Crippen LogP contribution is -2.12. The molecule has 0 aliphatic rings. The molecule has 32 heavy (non-hydrogen) atoms. The van der Waals surface area contributed by atoms with Crippen LogP contribution in [0.3, 0.4) is 0 Å². The van der Waals surface area contributed by atoms with Gasteiger partial charge in [0.25, 0.3) is 0 Å². The SMILES string of the molecule is COc1ccc2nc(NC(=O)CCSc3nc(-c4ccc(C)cc4)ccc3C#N)sc2c1. The predicted molar refractivity (Wildman–Crippen MR) is 129 cm³/mol. The number of benzene rings is 2. The van der Waals surface area contributed by atoms with Crippen molar-refractivity contribution in [2.24, 2.45) is 0 Å². The average Bonchev–Trinajstić information content (AvgIpc) is 3.20. The summed E-state index contributed by atoms with van der Waals surface area (Å²) in [6.07, 6.45) is 0.283. The quantitative estimate of drug-likeness (QED) is 0.358. The van der Waals surface area contributed by atoms with E-state index in [1.807, 2.05) is 55.5 Å². The number of carbonyl (C=O) groups excluding carboxylic acids is 1. The number of methoxy groups -OCH3 is 1. The highest BCUT2D eigenvalue weighted by Crippen LogP contribution is 2.30. The van der Waals surface area contributed by atoms with E-state index in [1.54, 1.807) is 13.2 Å². The molecule has 2 heterocycles. The highest BCUT2D eigenvalue weighted by atomic mass is 32.2. The molecule has 0 atom stereocenters. The summed E-state index contributed by atoms with van der Waals surface area (Å²) in [7, 11) is 1.62. The van der Waals surface area contributed by atoms with Crippen LogP contribution in [0.2, 0.25) is 0 Å². The van der Waals surface area contributed by atoms with Crippen molar-refractivity contribution < 1.29 is 9.53 Å². The molecule has 160 valence electrons. The van der Waals surface area contributed by atoms with Crippen LogP contribution in [0.15, 0.2) is 59.6 Å². The van der Waals surface area contributed by atoms with E-state index in [-0.39, 0.29) is 12.3 Å². The van der Waals surface area contributed by atoms with Gasteiger partial charge in [0.2, 0.25) is 5.91 Å². The van der Waals surface area contributed by atoms with Crippen molar-refractivity contribution in [2.75, 3.05) is 18.2 Å². The van der Waals surface area contributed by atoms with E-state index in [9.17, 15) is 10.1 Å². The standard InChI is InChI=1S/C24H20N4O2S2/c1-15-3-5-16(6-4-15)19-9-7-17(14-25)23(26-19)31-12-11-22(29)28-24-27-20-10-8-18(30-2)13-21(20)32-24/h3-10,13H,11-12H2,1-2H3,(H,27,28,29). The normalized spacial score (nSPS) is 10.7. The fourth-order valence-corrected chi connectivity index (χ4v) is 4.85. The first kappa shape index (κ1) is 21.8. The molecular formula is C24H20N4O2S2. The van der Waals surface area contributed by atoms with Gasteiger partial charge in [-0.1, -0.05) is 41.2 Å². The number of ether oxygens (including phenoxy) is 1. The van der Waals surface area contributed by atoms with E-state index >= 15 is 0 Å². The van der Waals surface area contributed by atoms with Gasteiger partial charge in [-0.2, -0.15) is 5.26 Å². The van der Waals surface area contributed by atoms with Crippen molar-refractivity contribution in [2.45, 2.75) is 18.4 Å². The van der Waals surface area contributed by atoms with Gasteiger partial charge in [0.1, 0.15) is 16.8 Å². The number of nitrogens with one attached hydrogen (secondary N) is 1. The Morgan fingerprint density at radius 2 is 1.97 bits per heavy atom. The summed E-state index contributed by atoms with van der Waals surface area (Å²) >= 11 is 2.81. The molecule has 2 aromatic heterocycles. The van der Waals surface area contributed by atoms with E-state index in [0.29, 0.717) is 21.5 Å². The molecule has 0 saturated carbocycles. The van der Waals surface area contributed by atoms with Gasteiger partial charge in [0.05, 0.1) is 28.6 Å². The molecule has 0 aliphatic heterocycles. The van der Waals surface area contributed by atoms with Crippen molar-refractivity contribution in [3.05, 3.63) is 65.7 Å². The minimum absolute atomic E-state index is 0.128. The smallest absolute Gasteiger partial charge is 0.226 e. The number of carbonyl (C=O) groups is 1. The van der Waals surface area contributed by atoms with Gasteiger partial charge in [0.15, 0.2) is 5.13 Å². The number of nitriles is 1. The molecule has 0 bridgehead atoms. The van der Waals surface area contributed by atoms with Crippen LogP contribution < -0.4 is 10.1 Å². The van der Waals surface area contributed by atoms with Crippen LogP contribution >= 0.6 is 23.1 Å². The molecule has 6 nitrogen and oxygen atoms in total. The van der Waals surface area contributed by atoms with Gasteiger partial charge in [-0.3, -0.25) is 4.79 Å². The number of thioether (sulfide) groups is 1. The molecular weight excluding hydrogens is 440 g/mol. The van der Waals surface area contributed by atoms with Crippen LogP contribution in [-0.2, 0) is 4.79 Å². The van der Waals surface area contributed by atoms with E-state index in [0.717, 1.165) is 27.2 Å². The molecule has 0 saturated heterocycles. The second kappa shape index (κ2) is 9.81. The first-order valence-electron chi connectivity index (χ1n) is 9.91. The summed E-state index contributed by atoms with van der Waals surface area (Å²) in [5.74, 6) is 1.13. The van der Waals surface area contributed by atoms with Gasteiger partial charge in [-0.25, -0.2) is 9.97 Å².